The molecule has 31 heavy (non-hydrogen) atoms. The van der Waals surface area contributed by atoms with Gasteiger partial charge in [0.1, 0.15) is 5.82 Å². The second kappa shape index (κ2) is 7.87. The van der Waals surface area contributed by atoms with Gasteiger partial charge in [-0.2, -0.15) is 0 Å². The van der Waals surface area contributed by atoms with Crippen LogP contribution in [-0.4, -0.2) is 44.2 Å². The largest absolute Gasteiger partial charge is 0.481 e. The Morgan fingerprint density at radius 3 is 2.16 bits per heavy atom. The number of pyridine rings is 1. The van der Waals surface area contributed by atoms with Crippen molar-refractivity contribution >= 4 is 23.7 Å². The summed E-state index contributed by atoms with van der Waals surface area (Å²) in [7, 11) is 0. The monoisotopic (exact) mass is 460 g/mol. The highest BCUT2D eigenvalue weighted by Gasteiger charge is 2.66. The smallest absolute Gasteiger partial charge is 0.407 e. The zero-order valence-corrected chi connectivity index (χ0v) is 19.8. The first-order chi connectivity index (χ1) is 13.9. The molecule has 0 spiro atoms. The molecule has 174 valence electrons. The molecular weight excluding hydrogens is 430 g/mol. The van der Waals surface area contributed by atoms with E-state index in [0.717, 1.165) is 0 Å². The van der Waals surface area contributed by atoms with E-state index in [2.05, 4.69) is 4.98 Å². The summed E-state index contributed by atoms with van der Waals surface area (Å²) in [4.78, 5) is 30.2. The van der Waals surface area contributed by atoms with E-state index in [1.54, 1.807) is 6.92 Å². The van der Waals surface area contributed by atoms with Crippen LogP contribution < -0.4 is 0 Å². The molecule has 0 aromatic carbocycles. The fourth-order valence-electron chi connectivity index (χ4n) is 5.58. The lowest BCUT2D eigenvalue weighted by Crippen LogP contribution is -2.72. The van der Waals surface area contributed by atoms with Gasteiger partial charge in [0, 0.05) is 24.9 Å². The number of carboxylic acids is 1. The second-order valence-corrected chi connectivity index (χ2v) is 11.1. The molecule has 2 rings (SSSR count). The van der Waals surface area contributed by atoms with Crippen molar-refractivity contribution in [2.45, 2.75) is 66.8 Å². The van der Waals surface area contributed by atoms with Crippen LogP contribution in [0.3, 0.4) is 0 Å². The SMILES string of the molecule is CC(C)(C)C1[C@@](Cc2nc(Cl)c(F)cc2F)(C(=O)O)CCN(C(=O)O)[C@@]1(C)C(C)(C)C. The summed E-state index contributed by atoms with van der Waals surface area (Å²) < 4.78 is 28.3. The molecule has 1 aromatic rings. The van der Waals surface area contributed by atoms with Crippen molar-refractivity contribution in [3.8, 4) is 0 Å². The number of carboxylic acid groups (broad SMARTS) is 2. The molecule has 0 aliphatic carbocycles. The van der Waals surface area contributed by atoms with Crippen LogP contribution in [0.5, 0.6) is 0 Å². The highest BCUT2D eigenvalue weighted by Crippen LogP contribution is 2.60. The predicted octanol–water partition coefficient (Wildman–Crippen LogP) is 5.48. The van der Waals surface area contributed by atoms with Crippen molar-refractivity contribution in [2.24, 2.45) is 22.2 Å². The quantitative estimate of drug-likeness (QED) is 0.583. The van der Waals surface area contributed by atoms with Crippen molar-refractivity contribution in [3.05, 3.63) is 28.5 Å². The summed E-state index contributed by atoms with van der Waals surface area (Å²) in [6, 6.07) is 0.599. The van der Waals surface area contributed by atoms with Crippen molar-refractivity contribution < 1.29 is 28.6 Å². The van der Waals surface area contributed by atoms with Gasteiger partial charge >= 0.3 is 12.1 Å². The van der Waals surface area contributed by atoms with Crippen LogP contribution in [0.1, 0.15) is 60.6 Å². The molecule has 9 heteroatoms. The highest BCUT2D eigenvalue weighted by molar-refractivity contribution is 6.29. The molecule has 1 fully saturated rings. The number of likely N-dealkylation sites (tertiary alicyclic amines) is 1. The van der Waals surface area contributed by atoms with E-state index in [-0.39, 0.29) is 25.1 Å². The van der Waals surface area contributed by atoms with E-state index >= 15 is 0 Å². The Morgan fingerprint density at radius 1 is 1.19 bits per heavy atom. The van der Waals surface area contributed by atoms with Crippen LogP contribution >= 0.6 is 11.6 Å². The summed E-state index contributed by atoms with van der Waals surface area (Å²) >= 11 is 5.76. The number of aromatic nitrogens is 1. The van der Waals surface area contributed by atoms with Gasteiger partial charge in [-0.3, -0.25) is 4.79 Å². The van der Waals surface area contributed by atoms with E-state index in [4.69, 9.17) is 11.6 Å². The predicted molar refractivity (Wildman–Crippen MR) is 113 cm³/mol. The Hall–Kier alpha value is -1.96. The number of hydrogen-bond donors (Lipinski definition) is 2. The van der Waals surface area contributed by atoms with Gasteiger partial charge in [-0.1, -0.05) is 53.1 Å². The number of aliphatic carboxylic acids is 1. The molecule has 0 saturated carbocycles. The lowest BCUT2D eigenvalue weighted by molar-refractivity contribution is -0.188. The lowest BCUT2D eigenvalue weighted by atomic mass is 9.47. The van der Waals surface area contributed by atoms with Gasteiger partial charge in [-0.25, -0.2) is 18.6 Å². The summed E-state index contributed by atoms with van der Waals surface area (Å²) in [6.45, 7) is 12.9. The van der Waals surface area contributed by atoms with Gasteiger partial charge in [0.05, 0.1) is 16.6 Å². The molecule has 3 atom stereocenters. The zero-order valence-electron chi connectivity index (χ0n) is 19.0. The molecule has 1 amide bonds. The molecule has 2 N–H and O–H groups in total. The first-order valence-corrected chi connectivity index (χ1v) is 10.5. The fraction of sp³-hybridized carbons (Fsp3) is 0.682. The van der Waals surface area contributed by atoms with Crippen LogP contribution in [0.4, 0.5) is 13.6 Å². The van der Waals surface area contributed by atoms with Crippen LogP contribution in [0.15, 0.2) is 6.07 Å². The number of rotatable bonds is 3. The Balaban J connectivity index is 2.84. The van der Waals surface area contributed by atoms with Crippen molar-refractivity contribution in [2.75, 3.05) is 6.54 Å². The van der Waals surface area contributed by atoms with Gasteiger partial charge < -0.3 is 15.1 Å². The number of hydrogen-bond acceptors (Lipinski definition) is 3. The Kier molecular flexibility index (Phi) is 6.42. The van der Waals surface area contributed by atoms with E-state index in [0.29, 0.717) is 6.07 Å². The summed E-state index contributed by atoms with van der Waals surface area (Å²) in [5.74, 6) is -3.91. The first-order valence-electron chi connectivity index (χ1n) is 10.1. The molecule has 1 aromatic heterocycles. The topological polar surface area (TPSA) is 90.7 Å². The normalized spacial score (nSPS) is 27.3. The summed E-state index contributed by atoms with van der Waals surface area (Å²) in [6.07, 6.45) is -1.52. The molecular formula is C22H31ClF2N2O4. The molecule has 0 bridgehead atoms. The lowest BCUT2D eigenvalue weighted by Gasteiger charge is -2.64. The maximum Gasteiger partial charge on any atom is 0.407 e. The molecule has 1 aliphatic rings. The molecule has 6 nitrogen and oxygen atoms in total. The second-order valence-electron chi connectivity index (χ2n) is 10.7. The summed E-state index contributed by atoms with van der Waals surface area (Å²) in [5.41, 5.74) is -4.26. The maximum atomic E-state index is 14.6. The number of carbonyl (C=O) groups is 2. The molecule has 2 heterocycles. The van der Waals surface area contributed by atoms with E-state index in [1.807, 2.05) is 41.5 Å². The van der Waals surface area contributed by atoms with Crippen LogP contribution in [0.25, 0.3) is 0 Å². The molecule has 1 saturated heterocycles. The zero-order chi connectivity index (χ0) is 24.2. The first kappa shape index (κ1) is 25.3. The molecule has 1 unspecified atom stereocenters. The third-order valence-corrected chi connectivity index (χ3v) is 7.21. The molecule has 0 radical (unpaired) electrons. The average molecular weight is 461 g/mol. The van der Waals surface area contributed by atoms with Crippen molar-refractivity contribution in [1.29, 1.82) is 0 Å². The Morgan fingerprint density at radius 2 is 1.74 bits per heavy atom. The van der Waals surface area contributed by atoms with Crippen LogP contribution in [0.2, 0.25) is 5.15 Å². The number of piperidine rings is 1. The van der Waals surface area contributed by atoms with Gasteiger partial charge in [-0.15, -0.1) is 0 Å². The van der Waals surface area contributed by atoms with E-state index in [9.17, 15) is 28.6 Å². The van der Waals surface area contributed by atoms with Crippen molar-refractivity contribution in [1.82, 2.24) is 9.88 Å². The minimum atomic E-state index is -1.55. The number of nitrogens with zero attached hydrogens (tertiary/aromatic N) is 2. The van der Waals surface area contributed by atoms with Gasteiger partial charge in [0.25, 0.3) is 0 Å². The Bertz CT molecular complexity index is 897. The van der Waals surface area contributed by atoms with Crippen LogP contribution in [0, 0.1) is 33.8 Å². The van der Waals surface area contributed by atoms with Gasteiger partial charge in [-0.05, 0) is 24.2 Å². The van der Waals surface area contributed by atoms with E-state index < -0.39 is 56.6 Å². The van der Waals surface area contributed by atoms with Crippen LogP contribution in [-0.2, 0) is 11.2 Å². The minimum absolute atomic E-state index is 0.0431. The maximum absolute atomic E-state index is 14.6. The third-order valence-electron chi connectivity index (χ3n) is 6.94. The van der Waals surface area contributed by atoms with Gasteiger partial charge in [0.15, 0.2) is 11.0 Å². The number of amides is 1. The van der Waals surface area contributed by atoms with Crippen molar-refractivity contribution in [3.63, 3.8) is 0 Å². The third kappa shape index (κ3) is 4.11. The minimum Gasteiger partial charge on any atom is -0.481 e. The molecule has 1 aliphatic heterocycles. The van der Waals surface area contributed by atoms with Gasteiger partial charge in [0.2, 0.25) is 0 Å². The highest BCUT2D eigenvalue weighted by atomic mass is 35.5. The standard InChI is InChI=1S/C22H31ClF2N2O4/c1-19(2,3)16-21(7,20(4,5)6)27(18(30)31)9-8-22(16,17(28)29)11-14-12(24)10-13(25)15(23)26-14/h10,16H,8-9,11H2,1-7H3,(H,28,29)(H,30,31)/t16?,21-,22-/m1/s1. The fourth-order valence-corrected chi connectivity index (χ4v) is 5.74. The summed E-state index contributed by atoms with van der Waals surface area (Å²) in [5, 5.41) is 19.9. The Labute approximate surface area is 186 Å². The van der Waals surface area contributed by atoms with E-state index in [1.165, 1.54) is 4.90 Å². The number of halogens is 3. The average Bonchev–Trinajstić information content (AvgIpc) is 2.56.